The molecule has 2 rings (SSSR count). The number of carbonyl (C=O) groups is 2. The van der Waals surface area contributed by atoms with Gasteiger partial charge in [-0.25, -0.2) is 0 Å². The molecule has 1 aromatic heterocycles. The molecule has 0 saturated heterocycles. The average Bonchev–Trinajstić information content (AvgIpc) is 3.15. The number of nitrogens with zero attached hydrogens (tertiary/aromatic N) is 2. The molecule has 148 valence electrons. The van der Waals surface area contributed by atoms with Crippen LogP contribution < -0.4 is 11.1 Å². The molecule has 0 saturated carbocycles. The van der Waals surface area contributed by atoms with Crippen molar-refractivity contribution in [3.8, 4) is 11.3 Å². The van der Waals surface area contributed by atoms with Crippen molar-refractivity contribution in [1.82, 2.24) is 20.4 Å². The van der Waals surface area contributed by atoms with Gasteiger partial charge in [-0.05, 0) is 25.3 Å². The Balaban J connectivity index is 0.00000364. The fourth-order valence-electron chi connectivity index (χ4n) is 2.59. The first kappa shape index (κ1) is 22.7. The summed E-state index contributed by atoms with van der Waals surface area (Å²) in [6.07, 6.45) is 3.91. The van der Waals surface area contributed by atoms with E-state index in [-0.39, 0.29) is 37.3 Å². The Hall–Kier alpha value is -2.38. The van der Waals surface area contributed by atoms with Crippen molar-refractivity contribution in [2.45, 2.75) is 25.7 Å². The Morgan fingerprint density at radius 3 is 2.63 bits per heavy atom. The van der Waals surface area contributed by atoms with Crippen LogP contribution in [0.4, 0.5) is 0 Å². The van der Waals surface area contributed by atoms with Crippen molar-refractivity contribution in [2.24, 2.45) is 5.73 Å². The third-order valence-corrected chi connectivity index (χ3v) is 4.19. The molecular formula is C19H28ClN5O2. The summed E-state index contributed by atoms with van der Waals surface area (Å²) in [6, 6.07) is 12.2. The molecule has 7 nitrogen and oxygen atoms in total. The monoisotopic (exact) mass is 393 g/mol. The summed E-state index contributed by atoms with van der Waals surface area (Å²) in [6.45, 7) is 0.578. The van der Waals surface area contributed by atoms with E-state index in [0.717, 1.165) is 42.6 Å². The van der Waals surface area contributed by atoms with Crippen LogP contribution in [0.5, 0.6) is 0 Å². The van der Waals surface area contributed by atoms with E-state index in [0.29, 0.717) is 6.54 Å². The van der Waals surface area contributed by atoms with Crippen molar-refractivity contribution in [3.63, 3.8) is 0 Å². The van der Waals surface area contributed by atoms with Gasteiger partial charge in [-0.3, -0.25) is 14.7 Å². The predicted octanol–water partition coefficient (Wildman–Crippen LogP) is 1.74. The molecule has 0 radical (unpaired) electrons. The fraction of sp³-hybridized carbons (Fsp3) is 0.421. The Morgan fingerprint density at radius 2 is 1.93 bits per heavy atom. The number of aromatic amines is 1. The van der Waals surface area contributed by atoms with Crippen molar-refractivity contribution in [1.29, 1.82) is 0 Å². The minimum atomic E-state index is -0.318. The first-order valence-electron chi connectivity index (χ1n) is 8.90. The molecular weight excluding hydrogens is 366 g/mol. The lowest BCUT2D eigenvalue weighted by Crippen LogP contribution is -2.40. The number of carbonyl (C=O) groups excluding carboxylic acids is 2. The average molecular weight is 394 g/mol. The van der Waals surface area contributed by atoms with Crippen molar-refractivity contribution in [3.05, 3.63) is 42.1 Å². The van der Waals surface area contributed by atoms with E-state index in [1.54, 1.807) is 11.9 Å². The van der Waals surface area contributed by atoms with Gasteiger partial charge in [-0.2, -0.15) is 5.10 Å². The molecule has 0 fully saturated rings. The molecule has 0 aliphatic heterocycles. The van der Waals surface area contributed by atoms with Gasteiger partial charge >= 0.3 is 0 Å². The summed E-state index contributed by atoms with van der Waals surface area (Å²) in [5.74, 6) is -0.422. The van der Waals surface area contributed by atoms with Gasteiger partial charge in [0.1, 0.15) is 0 Å². The van der Waals surface area contributed by atoms with E-state index >= 15 is 0 Å². The van der Waals surface area contributed by atoms with E-state index in [1.807, 2.05) is 30.3 Å². The largest absolute Gasteiger partial charge is 0.346 e. The Kier molecular flexibility index (Phi) is 10.1. The summed E-state index contributed by atoms with van der Waals surface area (Å²) in [7, 11) is 1.75. The molecule has 1 aromatic carbocycles. The maximum atomic E-state index is 11.8. The van der Waals surface area contributed by atoms with E-state index in [9.17, 15) is 9.59 Å². The van der Waals surface area contributed by atoms with Crippen LogP contribution in [0, 0.1) is 0 Å². The molecule has 0 aliphatic rings. The van der Waals surface area contributed by atoms with Crippen LogP contribution >= 0.6 is 12.4 Å². The van der Waals surface area contributed by atoms with Gasteiger partial charge in [0, 0.05) is 24.8 Å². The second-order valence-electron chi connectivity index (χ2n) is 6.25. The minimum Gasteiger partial charge on any atom is -0.346 e. The Morgan fingerprint density at radius 1 is 1.19 bits per heavy atom. The van der Waals surface area contributed by atoms with Gasteiger partial charge in [0.25, 0.3) is 0 Å². The summed E-state index contributed by atoms with van der Waals surface area (Å²) < 4.78 is 0. The maximum absolute atomic E-state index is 11.8. The summed E-state index contributed by atoms with van der Waals surface area (Å²) >= 11 is 0. The summed E-state index contributed by atoms with van der Waals surface area (Å²) in [5, 5.41) is 9.93. The third kappa shape index (κ3) is 7.80. The number of rotatable bonds is 10. The molecule has 0 aliphatic carbocycles. The molecule has 0 atom stereocenters. The lowest BCUT2D eigenvalue weighted by Gasteiger charge is -2.17. The van der Waals surface area contributed by atoms with Gasteiger partial charge < -0.3 is 16.0 Å². The number of halogens is 1. The zero-order valence-corrected chi connectivity index (χ0v) is 16.4. The fourth-order valence-corrected chi connectivity index (χ4v) is 2.59. The topological polar surface area (TPSA) is 104 Å². The number of benzene rings is 1. The number of hydrogen-bond donors (Lipinski definition) is 3. The third-order valence-electron chi connectivity index (χ3n) is 4.19. The van der Waals surface area contributed by atoms with Crippen molar-refractivity contribution in [2.75, 3.05) is 26.7 Å². The van der Waals surface area contributed by atoms with Gasteiger partial charge in [0.05, 0.1) is 18.8 Å². The smallest absolute Gasteiger partial charge is 0.241 e. The van der Waals surface area contributed by atoms with Crippen LogP contribution in [0.3, 0.4) is 0 Å². The van der Waals surface area contributed by atoms with Crippen molar-refractivity contribution >= 4 is 24.2 Å². The first-order valence-corrected chi connectivity index (χ1v) is 8.90. The van der Waals surface area contributed by atoms with Crippen LogP contribution in [0.15, 0.2) is 36.4 Å². The van der Waals surface area contributed by atoms with Gasteiger partial charge in [0.15, 0.2) is 0 Å². The summed E-state index contributed by atoms with van der Waals surface area (Å²) in [5.41, 5.74) is 8.38. The van der Waals surface area contributed by atoms with Crippen LogP contribution in [0.1, 0.15) is 25.0 Å². The lowest BCUT2D eigenvalue weighted by atomic mass is 10.1. The number of H-pyrrole nitrogens is 1. The summed E-state index contributed by atoms with van der Waals surface area (Å²) in [4.78, 5) is 24.5. The number of aryl methyl sites for hydroxylation is 1. The van der Waals surface area contributed by atoms with Crippen molar-refractivity contribution < 1.29 is 9.59 Å². The van der Waals surface area contributed by atoms with Gasteiger partial charge in [-0.1, -0.05) is 36.8 Å². The molecule has 0 spiro atoms. The van der Waals surface area contributed by atoms with E-state index in [1.165, 1.54) is 0 Å². The molecule has 0 unspecified atom stereocenters. The van der Waals surface area contributed by atoms with Crippen LogP contribution in [-0.4, -0.2) is 53.6 Å². The SMILES string of the molecule is CN(CCCCCc1cc(-c2ccccc2)n[nH]1)C(=O)CNC(=O)CN.Cl. The highest BCUT2D eigenvalue weighted by Crippen LogP contribution is 2.17. The predicted molar refractivity (Wildman–Crippen MR) is 109 cm³/mol. The number of nitrogens with two attached hydrogens (primary N) is 1. The Bertz CT molecular complexity index is 705. The number of unbranched alkanes of at least 4 members (excludes halogenated alkanes) is 2. The number of nitrogens with one attached hydrogen (secondary N) is 2. The molecule has 2 aromatic rings. The lowest BCUT2D eigenvalue weighted by molar-refractivity contribution is -0.131. The highest BCUT2D eigenvalue weighted by atomic mass is 35.5. The second-order valence-corrected chi connectivity index (χ2v) is 6.25. The van der Waals surface area contributed by atoms with E-state index < -0.39 is 0 Å². The van der Waals surface area contributed by atoms with E-state index in [2.05, 4.69) is 21.6 Å². The molecule has 2 amide bonds. The zero-order valence-electron chi connectivity index (χ0n) is 15.6. The van der Waals surface area contributed by atoms with Crippen LogP contribution in [0.25, 0.3) is 11.3 Å². The standard InChI is InChI=1S/C19H27N5O2.ClH/c1-24(19(26)14-21-18(25)13-20)11-7-3-6-10-16-12-17(23-22-16)15-8-4-2-5-9-15;/h2,4-5,8-9,12H,3,6-7,10-11,13-14,20H2,1H3,(H,21,25)(H,22,23);1H. The first-order chi connectivity index (χ1) is 12.6. The molecule has 27 heavy (non-hydrogen) atoms. The van der Waals surface area contributed by atoms with Crippen LogP contribution in [0.2, 0.25) is 0 Å². The van der Waals surface area contributed by atoms with Gasteiger partial charge in [-0.15, -0.1) is 12.4 Å². The highest BCUT2D eigenvalue weighted by molar-refractivity contribution is 5.85. The minimum absolute atomic E-state index is 0. The molecule has 0 bridgehead atoms. The Labute approximate surface area is 166 Å². The number of likely N-dealkylation sites (N-methyl/N-ethyl adjacent to an activating group) is 1. The second kappa shape index (κ2) is 12.1. The highest BCUT2D eigenvalue weighted by Gasteiger charge is 2.09. The molecule has 1 heterocycles. The number of aromatic nitrogens is 2. The number of amides is 2. The molecule has 8 heteroatoms. The quantitative estimate of drug-likeness (QED) is 0.535. The van der Waals surface area contributed by atoms with Crippen LogP contribution in [-0.2, 0) is 16.0 Å². The maximum Gasteiger partial charge on any atom is 0.241 e. The van der Waals surface area contributed by atoms with E-state index in [4.69, 9.17) is 5.73 Å². The zero-order chi connectivity index (χ0) is 18.8. The number of hydrogen-bond acceptors (Lipinski definition) is 4. The van der Waals surface area contributed by atoms with Gasteiger partial charge in [0.2, 0.25) is 11.8 Å². The normalized spacial score (nSPS) is 10.1. The molecule has 4 N–H and O–H groups in total.